The second-order valence-corrected chi connectivity index (χ2v) is 6.11. The number of halogens is 1. The molecule has 8 heteroatoms. The molecule has 0 bridgehead atoms. The molecule has 1 atom stereocenters. The molecule has 0 spiro atoms. The number of urea groups is 1. The monoisotopic (exact) mass is 349 g/mol. The Morgan fingerprint density at radius 2 is 2.12 bits per heavy atom. The van der Waals surface area contributed by atoms with Gasteiger partial charge in [0.05, 0.1) is 0 Å². The maximum absolute atomic E-state index is 12.2. The van der Waals surface area contributed by atoms with E-state index in [0.29, 0.717) is 11.4 Å². The number of hydrogen-bond donors (Lipinski definition) is 3. The molecule has 3 rings (SSSR count). The van der Waals surface area contributed by atoms with Crippen LogP contribution < -0.4 is 5.32 Å². The van der Waals surface area contributed by atoms with Crippen molar-refractivity contribution in [2.75, 3.05) is 6.54 Å². The molecule has 1 aromatic heterocycles. The number of carboxylic acid groups (broad SMARTS) is 1. The molecule has 1 fully saturated rings. The van der Waals surface area contributed by atoms with Crippen molar-refractivity contribution in [3.63, 3.8) is 0 Å². The van der Waals surface area contributed by atoms with Crippen LogP contribution in [0.3, 0.4) is 0 Å². The molecule has 0 aliphatic carbocycles. The fraction of sp³-hybridized carbons (Fsp3) is 0.312. The number of imide groups is 1. The molecule has 2 aromatic rings. The number of fused-ring (bicyclic) bond motifs is 1. The molecule has 0 saturated carbocycles. The van der Waals surface area contributed by atoms with Crippen LogP contribution in [-0.2, 0) is 16.0 Å². The predicted molar refractivity (Wildman–Crippen MR) is 87.9 cm³/mol. The summed E-state index contributed by atoms with van der Waals surface area (Å²) in [5, 5.41) is 12.8. The van der Waals surface area contributed by atoms with E-state index in [1.54, 1.807) is 6.07 Å². The molecule has 3 N–H and O–H groups in total. The van der Waals surface area contributed by atoms with Crippen LogP contribution in [0.2, 0.25) is 5.02 Å². The zero-order chi connectivity index (χ0) is 17.3. The standard InChI is InChI=1S/C16H16ClN3O4/c17-10-1-2-12-11(7-10)9(8-18-12)5-6-20-15(23)13(19-16(20)24)3-4-14(21)22/h1-2,7-8,13,18H,3-6H2,(H,19,24)(H,21,22)/t13-/m0/s1. The first-order valence-electron chi connectivity index (χ1n) is 7.55. The number of hydrogen-bond acceptors (Lipinski definition) is 3. The molecule has 24 heavy (non-hydrogen) atoms. The van der Waals surface area contributed by atoms with Crippen molar-refractivity contribution in [2.24, 2.45) is 0 Å². The Hall–Kier alpha value is -2.54. The predicted octanol–water partition coefficient (Wildman–Crippen LogP) is 2.15. The van der Waals surface area contributed by atoms with Gasteiger partial charge < -0.3 is 15.4 Å². The summed E-state index contributed by atoms with van der Waals surface area (Å²) in [7, 11) is 0. The number of benzene rings is 1. The molecule has 1 aliphatic rings. The third kappa shape index (κ3) is 3.21. The highest BCUT2D eigenvalue weighted by Gasteiger charge is 2.37. The Bertz CT molecular complexity index is 817. The molecular formula is C16H16ClN3O4. The fourth-order valence-corrected chi connectivity index (χ4v) is 3.01. The zero-order valence-electron chi connectivity index (χ0n) is 12.7. The third-order valence-electron chi connectivity index (χ3n) is 4.09. The Labute approximate surface area is 142 Å². The van der Waals surface area contributed by atoms with Gasteiger partial charge in [0, 0.05) is 35.1 Å². The van der Waals surface area contributed by atoms with Crippen LogP contribution in [0.15, 0.2) is 24.4 Å². The topological polar surface area (TPSA) is 102 Å². The van der Waals surface area contributed by atoms with Crippen LogP contribution in [0.25, 0.3) is 10.9 Å². The minimum Gasteiger partial charge on any atom is -0.481 e. The van der Waals surface area contributed by atoms with Gasteiger partial charge in [0.25, 0.3) is 5.91 Å². The van der Waals surface area contributed by atoms with E-state index in [-0.39, 0.29) is 25.3 Å². The summed E-state index contributed by atoms with van der Waals surface area (Å²) in [6, 6.07) is 4.26. The smallest absolute Gasteiger partial charge is 0.324 e. The highest BCUT2D eigenvalue weighted by molar-refractivity contribution is 6.31. The molecule has 0 radical (unpaired) electrons. The second-order valence-electron chi connectivity index (χ2n) is 5.68. The van der Waals surface area contributed by atoms with E-state index in [9.17, 15) is 14.4 Å². The van der Waals surface area contributed by atoms with E-state index in [0.717, 1.165) is 21.4 Å². The first-order chi connectivity index (χ1) is 11.5. The molecule has 0 unspecified atom stereocenters. The normalized spacial score (nSPS) is 17.5. The highest BCUT2D eigenvalue weighted by Crippen LogP contribution is 2.23. The number of aliphatic carboxylic acids is 1. The number of carboxylic acids is 1. The van der Waals surface area contributed by atoms with Crippen LogP contribution in [0.4, 0.5) is 4.79 Å². The van der Waals surface area contributed by atoms with Crippen molar-refractivity contribution >= 4 is 40.4 Å². The van der Waals surface area contributed by atoms with Gasteiger partial charge in [-0.1, -0.05) is 11.6 Å². The fourth-order valence-electron chi connectivity index (χ4n) is 2.84. The van der Waals surface area contributed by atoms with Crippen LogP contribution >= 0.6 is 11.6 Å². The number of nitrogens with zero attached hydrogens (tertiary/aromatic N) is 1. The third-order valence-corrected chi connectivity index (χ3v) is 4.32. The molecule has 126 valence electrons. The van der Waals surface area contributed by atoms with Crippen molar-refractivity contribution in [1.82, 2.24) is 15.2 Å². The Balaban J connectivity index is 1.67. The van der Waals surface area contributed by atoms with Gasteiger partial charge >= 0.3 is 12.0 Å². The number of carbonyl (C=O) groups is 3. The summed E-state index contributed by atoms with van der Waals surface area (Å²) in [6.07, 6.45) is 2.26. The molecule has 2 heterocycles. The van der Waals surface area contributed by atoms with Crippen molar-refractivity contribution in [1.29, 1.82) is 0 Å². The Kier molecular flexibility index (Phi) is 4.44. The maximum atomic E-state index is 12.2. The summed E-state index contributed by atoms with van der Waals surface area (Å²) < 4.78 is 0. The van der Waals surface area contributed by atoms with Crippen molar-refractivity contribution < 1.29 is 19.5 Å². The van der Waals surface area contributed by atoms with Gasteiger partial charge in [0.2, 0.25) is 0 Å². The van der Waals surface area contributed by atoms with Crippen molar-refractivity contribution in [3.05, 3.63) is 35.0 Å². The maximum Gasteiger partial charge on any atom is 0.324 e. The average Bonchev–Trinajstić information content (AvgIpc) is 3.04. The molecule has 1 saturated heterocycles. The van der Waals surface area contributed by atoms with Gasteiger partial charge in [-0.25, -0.2) is 4.79 Å². The lowest BCUT2D eigenvalue weighted by atomic mass is 10.1. The van der Waals surface area contributed by atoms with E-state index >= 15 is 0 Å². The molecule has 7 nitrogen and oxygen atoms in total. The number of amides is 3. The molecular weight excluding hydrogens is 334 g/mol. The molecule has 3 amide bonds. The summed E-state index contributed by atoms with van der Waals surface area (Å²) in [4.78, 5) is 39.0. The number of aromatic amines is 1. The van der Waals surface area contributed by atoms with E-state index in [1.807, 2.05) is 18.3 Å². The van der Waals surface area contributed by atoms with Gasteiger partial charge in [0.1, 0.15) is 6.04 Å². The number of aromatic nitrogens is 1. The van der Waals surface area contributed by atoms with Gasteiger partial charge in [-0.2, -0.15) is 0 Å². The van der Waals surface area contributed by atoms with Crippen molar-refractivity contribution in [2.45, 2.75) is 25.3 Å². The van der Waals surface area contributed by atoms with E-state index in [1.165, 1.54) is 0 Å². The second kappa shape index (κ2) is 6.52. The van der Waals surface area contributed by atoms with Crippen LogP contribution in [-0.4, -0.2) is 45.5 Å². The number of nitrogens with one attached hydrogen (secondary N) is 2. The minimum absolute atomic E-state index is 0.0963. The lowest BCUT2D eigenvalue weighted by Gasteiger charge is -2.12. The van der Waals surface area contributed by atoms with E-state index in [4.69, 9.17) is 16.7 Å². The first kappa shape index (κ1) is 16.3. The number of carbonyl (C=O) groups excluding carboxylic acids is 2. The number of rotatable bonds is 6. The zero-order valence-corrected chi connectivity index (χ0v) is 13.5. The summed E-state index contributed by atoms with van der Waals surface area (Å²) >= 11 is 6.01. The summed E-state index contributed by atoms with van der Waals surface area (Å²) in [6.45, 7) is 0.230. The molecule has 1 aromatic carbocycles. The van der Waals surface area contributed by atoms with Crippen LogP contribution in [0, 0.1) is 0 Å². The van der Waals surface area contributed by atoms with E-state index in [2.05, 4.69) is 10.3 Å². The quantitative estimate of drug-likeness (QED) is 0.695. The summed E-state index contributed by atoms with van der Waals surface area (Å²) in [5.41, 5.74) is 1.90. The lowest BCUT2D eigenvalue weighted by Crippen LogP contribution is -2.33. The van der Waals surface area contributed by atoms with E-state index < -0.39 is 18.0 Å². The molecule has 1 aliphatic heterocycles. The largest absolute Gasteiger partial charge is 0.481 e. The SMILES string of the molecule is O=C(O)CC[C@@H]1NC(=O)N(CCc2c[nH]c3ccc(Cl)cc23)C1=O. The van der Waals surface area contributed by atoms with Gasteiger partial charge in [-0.05, 0) is 36.6 Å². The average molecular weight is 350 g/mol. The van der Waals surface area contributed by atoms with Gasteiger partial charge in [-0.3, -0.25) is 14.5 Å². The minimum atomic E-state index is -0.994. The number of H-pyrrole nitrogens is 1. The lowest BCUT2D eigenvalue weighted by molar-refractivity contribution is -0.137. The Morgan fingerprint density at radius 3 is 2.88 bits per heavy atom. The Morgan fingerprint density at radius 1 is 1.33 bits per heavy atom. The van der Waals surface area contributed by atoms with Crippen LogP contribution in [0.1, 0.15) is 18.4 Å². The summed E-state index contributed by atoms with van der Waals surface area (Å²) in [5.74, 6) is -1.37. The highest BCUT2D eigenvalue weighted by atomic mass is 35.5. The van der Waals surface area contributed by atoms with Crippen LogP contribution in [0.5, 0.6) is 0 Å². The van der Waals surface area contributed by atoms with Gasteiger partial charge in [-0.15, -0.1) is 0 Å². The van der Waals surface area contributed by atoms with Crippen molar-refractivity contribution in [3.8, 4) is 0 Å². The first-order valence-corrected chi connectivity index (χ1v) is 7.92. The van der Waals surface area contributed by atoms with Gasteiger partial charge in [0.15, 0.2) is 0 Å².